The van der Waals surface area contributed by atoms with Gasteiger partial charge in [-0.25, -0.2) is 4.79 Å². The summed E-state index contributed by atoms with van der Waals surface area (Å²) < 4.78 is 5.75. The van der Waals surface area contributed by atoms with Gasteiger partial charge in [-0.1, -0.05) is 13.3 Å². The Morgan fingerprint density at radius 3 is 2.44 bits per heavy atom. The Hall–Kier alpha value is -1.77. The predicted octanol–water partition coefficient (Wildman–Crippen LogP) is 3.58. The van der Waals surface area contributed by atoms with Crippen molar-refractivity contribution in [3.05, 3.63) is 34.9 Å². The lowest BCUT2D eigenvalue weighted by atomic mass is 10.1. The molecule has 0 bridgehead atoms. The number of unbranched alkanes of at least 4 members (excludes halogenated alkanes) is 1. The number of ether oxygens (including phenoxy) is 1. The van der Waals surface area contributed by atoms with Crippen LogP contribution in [0.4, 0.5) is 0 Å². The van der Waals surface area contributed by atoms with E-state index in [4.69, 9.17) is 9.84 Å². The lowest BCUT2D eigenvalue weighted by molar-refractivity contribution is -0.131. The van der Waals surface area contributed by atoms with Gasteiger partial charge in [-0.2, -0.15) is 0 Å². The van der Waals surface area contributed by atoms with Gasteiger partial charge >= 0.3 is 5.97 Å². The van der Waals surface area contributed by atoms with Gasteiger partial charge in [-0.15, -0.1) is 0 Å². The van der Waals surface area contributed by atoms with E-state index in [1.807, 2.05) is 26.0 Å². The Labute approximate surface area is 108 Å². The third-order valence-electron chi connectivity index (χ3n) is 2.65. The van der Waals surface area contributed by atoms with Crippen molar-refractivity contribution in [1.82, 2.24) is 0 Å². The maximum absolute atomic E-state index is 10.5. The topological polar surface area (TPSA) is 46.5 Å². The minimum Gasteiger partial charge on any atom is -0.493 e. The Morgan fingerprint density at radius 1 is 1.33 bits per heavy atom. The zero-order chi connectivity index (χ0) is 13.5. The van der Waals surface area contributed by atoms with Crippen molar-refractivity contribution < 1.29 is 14.6 Å². The van der Waals surface area contributed by atoms with E-state index < -0.39 is 5.97 Å². The summed E-state index contributed by atoms with van der Waals surface area (Å²) >= 11 is 0. The number of aryl methyl sites for hydroxylation is 2. The molecular weight excluding hydrogens is 228 g/mol. The number of benzene rings is 1. The molecule has 3 nitrogen and oxygen atoms in total. The summed E-state index contributed by atoms with van der Waals surface area (Å²) in [7, 11) is 0. The van der Waals surface area contributed by atoms with Gasteiger partial charge in [0.05, 0.1) is 6.61 Å². The highest BCUT2D eigenvalue weighted by Gasteiger charge is 2.05. The fraction of sp³-hybridized carbons (Fsp3) is 0.400. The molecule has 0 atom stereocenters. The first-order chi connectivity index (χ1) is 8.54. The normalized spacial score (nSPS) is 10.8. The predicted molar refractivity (Wildman–Crippen MR) is 73.0 cm³/mol. The molecule has 0 aliphatic carbocycles. The van der Waals surface area contributed by atoms with Crippen molar-refractivity contribution in [3.63, 3.8) is 0 Å². The monoisotopic (exact) mass is 248 g/mol. The lowest BCUT2D eigenvalue weighted by Gasteiger charge is -2.12. The van der Waals surface area contributed by atoms with Gasteiger partial charge in [0.1, 0.15) is 5.75 Å². The molecule has 1 N–H and O–H groups in total. The third kappa shape index (κ3) is 4.24. The average Bonchev–Trinajstić information content (AvgIpc) is 2.30. The van der Waals surface area contributed by atoms with E-state index in [2.05, 4.69) is 6.92 Å². The summed E-state index contributed by atoms with van der Waals surface area (Å²) in [6, 6.07) is 3.88. The molecule has 0 fully saturated rings. The minimum atomic E-state index is -0.937. The molecule has 1 aromatic carbocycles. The molecule has 0 aliphatic heterocycles. The van der Waals surface area contributed by atoms with Crippen LogP contribution in [-0.4, -0.2) is 17.7 Å². The van der Waals surface area contributed by atoms with Crippen LogP contribution >= 0.6 is 0 Å². The second-order valence-corrected chi connectivity index (χ2v) is 4.36. The molecule has 18 heavy (non-hydrogen) atoms. The molecule has 1 aromatic rings. The highest BCUT2D eigenvalue weighted by Crippen LogP contribution is 2.25. The molecule has 0 unspecified atom stereocenters. The molecule has 98 valence electrons. The van der Waals surface area contributed by atoms with E-state index in [-0.39, 0.29) is 0 Å². The van der Waals surface area contributed by atoms with Crippen molar-refractivity contribution in [2.45, 2.75) is 33.6 Å². The fourth-order valence-electron chi connectivity index (χ4n) is 1.79. The van der Waals surface area contributed by atoms with Crippen LogP contribution < -0.4 is 4.74 Å². The van der Waals surface area contributed by atoms with E-state index in [0.717, 1.165) is 48.0 Å². The van der Waals surface area contributed by atoms with Crippen LogP contribution in [0, 0.1) is 13.8 Å². The molecule has 0 heterocycles. The highest BCUT2D eigenvalue weighted by molar-refractivity contribution is 5.85. The average molecular weight is 248 g/mol. The molecule has 3 heteroatoms. The SMILES string of the molecule is CCCCOc1c(C)cc(/C=C/C(=O)O)cc1C. The zero-order valence-electron chi connectivity index (χ0n) is 11.2. The zero-order valence-corrected chi connectivity index (χ0v) is 11.2. The summed E-state index contributed by atoms with van der Waals surface area (Å²) in [6.07, 6.45) is 4.89. The first kappa shape index (κ1) is 14.3. The summed E-state index contributed by atoms with van der Waals surface area (Å²) in [6.45, 7) is 6.81. The summed E-state index contributed by atoms with van der Waals surface area (Å²) in [4.78, 5) is 10.5. The van der Waals surface area contributed by atoms with Crippen LogP contribution in [-0.2, 0) is 4.79 Å². The Balaban J connectivity index is 2.87. The Bertz CT molecular complexity index is 424. The van der Waals surface area contributed by atoms with Crippen LogP contribution in [0.25, 0.3) is 6.08 Å². The van der Waals surface area contributed by atoms with Crippen molar-refractivity contribution in [2.75, 3.05) is 6.61 Å². The van der Waals surface area contributed by atoms with E-state index in [0.29, 0.717) is 0 Å². The van der Waals surface area contributed by atoms with Crippen LogP contribution in [0.1, 0.15) is 36.5 Å². The summed E-state index contributed by atoms with van der Waals surface area (Å²) in [5.74, 6) is -0.0236. The molecule has 0 spiro atoms. The van der Waals surface area contributed by atoms with Crippen molar-refractivity contribution >= 4 is 12.0 Å². The van der Waals surface area contributed by atoms with E-state index in [1.165, 1.54) is 0 Å². The van der Waals surface area contributed by atoms with Gasteiger partial charge in [0.15, 0.2) is 0 Å². The number of carboxylic acid groups (broad SMARTS) is 1. The molecule has 0 saturated carbocycles. The van der Waals surface area contributed by atoms with Crippen LogP contribution in [0.3, 0.4) is 0 Å². The van der Waals surface area contributed by atoms with Gasteiger partial charge in [0.2, 0.25) is 0 Å². The van der Waals surface area contributed by atoms with Crippen molar-refractivity contribution in [1.29, 1.82) is 0 Å². The van der Waals surface area contributed by atoms with Gasteiger partial charge in [0.25, 0.3) is 0 Å². The molecule has 0 aromatic heterocycles. The number of aliphatic carboxylic acids is 1. The maximum atomic E-state index is 10.5. The molecule has 0 radical (unpaired) electrons. The molecular formula is C15H20O3. The quantitative estimate of drug-likeness (QED) is 0.618. The van der Waals surface area contributed by atoms with Crippen LogP contribution in [0.15, 0.2) is 18.2 Å². The van der Waals surface area contributed by atoms with E-state index in [1.54, 1.807) is 6.08 Å². The summed E-state index contributed by atoms with van der Waals surface area (Å²) in [5, 5.41) is 8.60. The fourth-order valence-corrected chi connectivity index (χ4v) is 1.79. The van der Waals surface area contributed by atoms with Crippen molar-refractivity contribution in [3.8, 4) is 5.75 Å². The number of hydrogen-bond acceptors (Lipinski definition) is 2. The molecule has 0 amide bonds. The third-order valence-corrected chi connectivity index (χ3v) is 2.65. The summed E-state index contributed by atoms with van der Waals surface area (Å²) in [5.41, 5.74) is 2.96. The van der Waals surface area contributed by atoms with E-state index >= 15 is 0 Å². The highest BCUT2D eigenvalue weighted by atomic mass is 16.5. The second kappa shape index (κ2) is 6.84. The smallest absolute Gasteiger partial charge is 0.328 e. The largest absolute Gasteiger partial charge is 0.493 e. The van der Waals surface area contributed by atoms with Gasteiger partial charge in [-0.05, 0) is 55.2 Å². The first-order valence-electron chi connectivity index (χ1n) is 6.19. The second-order valence-electron chi connectivity index (χ2n) is 4.36. The molecule has 1 rings (SSSR count). The van der Waals surface area contributed by atoms with Gasteiger partial charge in [-0.3, -0.25) is 0 Å². The number of rotatable bonds is 6. The van der Waals surface area contributed by atoms with Crippen LogP contribution in [0.5, 0.6) is 5.75 Å². The van der Waals surface area contributed by atoms with Crippen molar-refractivity contribution in [2.24, 2.45) is 0 Å². The minimum absolute atomic E-state index is 0.725. The number of hydrogen-bond donors (Lipinski definition) is 1. The van der Waals surface area contributed by atoms with Gasteiger partial charge in [0, 0.05) is 6.08 Å². The van der Waals surface area contributed by atoms with Crippen LogP contribution in [0.2, 0.25) is 0 Å². The Morgan fingerprint density at radius 2 is 1.94 bits per heavy atom. The number of carboxylic acids is 1. The maximum Gasteiger partial charge on any atom is 0.328 e. The standard InChI is InChI=1S/C15H20O3/c1-4-5-8-18-15-11(2)9-13(10-12(15)3)6-7-14(16)17/h6-7,9-10H,4-5,8H2,1-3H3,(H,16,17)/b7-6+. The molecule has 0 aliphatic rings. The lowest BCUT2D eigenvalue weighted by Crippen LogP contribution is -2.00. The number of carbonyl (C=O) groups is 1. The Kier molecular flexibility index (Phi) is 5.43. The van der Waals surface area contributed by atoms with Gasteiger partial charge < -0.3 is 9.84 Å². The first-order valence-corrected chi connectivity index (χ1v) is 6.19. The molecule has 0 saturated heterocycles. The van der Waals surface area contributed by atoms with E-state index in [9.17, 15) is 4.79 Å².